The molecule has 11 heavy (non-hydrogen) atoms. The van der Waals surface area contributed by atoms with Gasteiger partial charge in [-0.3, -0.25) is 4.79 Å². The van der Waals surface area contributed by atoms with Crippen LogP contribution in [-0.2, 0) is 4.79 Å². The second-order valence-corrected chi connectivity index (χ2v) is 5.04. The van der Waals surface area contributed by atoms with E-state index in [9.17, 15) is 4.79 Å². The van der Waals surface area contributed by atoms with Gasteiger partial charge < -0.3 is 5.11 Å². The molecule has 0 aromatic carbocycles. The van der Waals surface area contributed by atoms with Crippen LogP contribution in [0.1, 0.15) is 12.8 Å². The predicted molar refractivity (Wildman–Crippen MR) is 56.1 cm³/mol. The first-order chi connectivity index (χ1) is 5.09. The number of carbonyl (C=O) groups is 1. The fraction of sp³-hybridized carbons (Fsp3) is 0.833. The molecule has 2 atom stereocenters. The monoisotopic (exact) mass is 350 g/mol. The van der Waals surface area contributed by atoms with Gasteiger partial charge in [-0.15, -0.1) is 0 Å². The number of halogens is 3. The highest BCUT2D eigenvalue weighted by Crippen LogP contribution is 2.19. The lowest BCUT2D eigenvalue weighted by atomic mass is 10.2. The topological polar surface area (TPSA) is 37.3 Å². The van der Waals surface area contributed by atoms with Gasteiger partial charge in [0.1, 0.15) is 4.83 Å². The smallest absolute Gasteiger partial charge is 0.318 e. The summed E-state index contributed by atoms with van der Waals surface area (Å²) < 4.78 is 0. The number of hydrogen-bond acceptors (Lipinski definition) is 1. The summed E-state index contributed by atoms with van der Waals surface area (Å²) in [5.74, 6) is -0.818. The van der Waals surface area contributed by atoms with E-state index in [4.69, 9.17) is 5.11 Å². The summed E-state index contributed by atoms with van der Waals surface area (Å²) in [6.07, 6.45) is 1.83. The summed E-state index contributed by atoms with van der Waals surface area (Å²) in [5.41, 5.74) is 0. The highest BCUT2D eigenvalue weighted by molar-refractivity contribution is 9.12. The number of carboxylic acid groups (broad SMARTS) is 1. The lowest BCUT2D eigenvalue weighted by Crippen LogP contribution is -2.23. The fourth-order valence-electron chi connectivity index (χ4n) is 0.573. The molecule has 2 nitrogen and oxygen atoms in total. The van der Waals surface area contributed by atoms with Crippen LogP contribution in [0, 0.1) is 0 Å². The van der Waals surface area contributed by atoms with Crippen molar-refractivity contribution < 1.29 is 9.90 Å². The molecule has 0 saturated heterocycles. The number of aliphatic carboxylic acids is 1. The van der Waals surface area contributed by atoms with Crippen LogP contribution in [0.15, 0.2) is 0 Å². The molecule has 0 bridgehead atoms. The number of alkyl halides is 3. The minimum Gasteiger partial charge on any atom is -0.480 e. The van der Waals surface area contributed by atoms with Crippen LogP contribution in [0.25, 0.3) is 0 Å². The van der Waals surface area contributed by atoms with E-state index in [-0.39, 0.29) is 4.83 Å². The van der Waals surface area contributed by atoms with Crippen molar-refractivity contribution in [2.24, 2.45) is 0 Å². The van der Waals surface area contributed by atoms with Gasteiger partial charge >= 0.3 is 5.97 Å². The zero-order valence-electron chi connectivity index (χ0n) is 5.77. The molecule has 0 aromatic rings. The molecule has 0 radical (unpaired) electrons. The van der Waals surface area contributed by atoms with Gasteiger partial charge in [-0.1, -0.05) is 47.8 Å². The Balaban J connectivity index is 3.63. The average Bonchev–Trinajstić information content (AvgIpc) is 1.98. The Kier molecular flexibility index (Phi) is 6.96. The van der Waals surface area contributed by atoms with Crippen molar-refractivity contribution in [3.8, 4) is 0 Å². The minimum atomic E-state index is -0.818. The molecule has 0 fully saturated rings. The van der Waals surface area contributed by atoms with Gasteiger partial charge in [-0.25, -0.2) is 0 Å². The molecule has 0 rings (SSSR count). The Labute approximate surface area is 91.1 Å². The molecule has 0 aliphatic heterocycles. The van der Waals surface area contributed by atoms with Gasteiger partial charge in [-0.05, 0) is 12.8 Å². The third kappa shape index (κ3) is 5.20. The maximum atomic E-state index is 10.4. The standard InChI is InChI=1S/C6H9Br3O2/c7-3-1-2-4(8)5(9)6(10)11/h4-5H,1-3H2,(H,10,11). The summed E-state index contributed by atoms with van der Waals surface area (Å²) in [4.78, 5) is 9.94. The van der Waals surface area contributed by atoms with Crippen molar-refractivity contribution in [2.45, 2.75) is 22.5 Å². The van der Waals surface area contributed by atoms with E-state index in [0.717, 1.165) is 18.2 Å². The third-order valence-electron chi connectivity index (χ3n) is 1.17. The summed E-state index contributed by atoms with van der Waals surface area (Å²) in [6.45, 7) is 0. The van der Waals surface area contributed by atoms with Crippen LogP contribution < -0.4 is 0 Å². The van der Waals surface area contributed by atoms with Crippen LogP contribution in [-0.4, -0.2) is 26.1 Å². The molecular formula is C6H9Br3O2. The molecule has 0 aromatic heterocycles. The Morgan fingerprint density at radius 1 is 1.45 bits per heavy atom. The lowest BCUT2D eigenvalue weighted by molar-refractivity contribution is -0.136. The fourth-order valence-corrected chi connectivity index (χ4v) is 1.71. The van der Waals surface area contributed by atoms with E-state index in [1.165, 1.54) is 0 Å². The molecule has 5 heteroatoms. The van der Waals surface area contributed by atoms with E-state index in [0.29, 0.717) is 0 Å². The van der Waals surface area contributed by atoms with E-state index in [1.54, 1.807) is 0 Å². The molecule has 0 heterocycles. The van der Waals surface area contributed by atoms with Crippen LogP contribution >= 0.6 is 47.8 Å². The first kappa shape index (κ1) is 11.9. The van der Waals surface area contributed by atoms with Crippen molar-refractivity contribution >= 4 is 53.8 Å². The summed E-state index contributed by atoms with van der Waals surface area (Å²) in [6, 6.07) is 0. The van der Waals surface area contributed by atoms with E-state index in [1.807, 2.05) is 0 Å². The predicted octanol–water partition coefficient (Wildman–Crippen LogP) is 2.77. The maximum Gasteiger partial charge on any atom is 0.318 e. The lowest BCUT2D eigenvalue weighted by Gasteiger charge is -2.10. The largest absolute Gasteiger partial charge is 0.480 e. The quantitative estimate of drug-likeness (QED) is 0.772. The second kappa shape index (κ2) is 6.43. The maximum absolute atomic E-state index is 10.4. The van der Waals surface area contributed by atoms with Crippen LogP contribution in [0.3, 0.4) is 0 Å². The molecule has 2 unspecified atom stereocenters. The molecule has 0 aliphatic carbocycles. The van der Waals surface area contributed by atoms with E-state index >= 15 is 0 Å². The Morgan fingerprint density at radius 2 is 2.00 bits per heavy atom. The van der Waals surface area contributed by atoms with Crippen LogP contribution in [0.4, 0.5) is 0 Å². The highest BCUT2D eigenvalue weighted by atomic mass is 79.9. The van der Waals surface area contributed by atoms with Gasteiger partial charge in [-0.2, -0.15) is 0 Å². The average molecular weight is 353 g/mol. The molecular weight excluding hydrogens is 344 g/mol. The second-order valence-electron chi connectivity index (χ2n) is 2.09. The summed E-state index contributed by atoms with van der Waals surface area (Å²) >= 11 is 9.65. The van der Waals surface area contributed by atoms with Gasteiger partial charge in [0.2, 0.25) is 0 Å². The Hall–Kier alpha value is 0.910. The molecule has 0 spiro atoms. The van der Waals surface area contributed by atoms with Gasteiger partial charge in [0, 0.05) is 10.2 Å². The van der Waals surface area contributed by atoms with Crippen molar-refractivity contribution in [1.82, 2.24) is 0 Å². The third-order valence-corrected chi connectivity index (χ3v) is 4.45. The SMILES string of the molecule is O=C(O)C(Br)C(Br)CCCBr. The van der Waals surface area contributed by atoms with Crippen molar-refractivity contribution in [3.05, 3.63) is 0 Å². The number of carboxylic acids is 1. The Bertz CT molecular complexity index is 129. The number of rotatable bonds is 5. The zero-order valence-corrected chi connectivity index (χ0v) is 10.5. The van der Waals surface area contributed by atoms with E-state index in [2.05, 4.69) is 47.8 Å². The highest BCUT2D eigenvalue weighted by Gasteiger charge is 2.21. The molecule has 66 valence electrons. The van der Waals surface area contributed by atoms with Gasteiger partial charge in [0.05, 0.1) is 0 Å². The number of hydrogen-bond donors (Lipinski definition) is 1. The minimum absolute atomic E-state index is 0.0116. The zero-order chi connectivity index (χ0) is 8.85. The first-order valence-corrected chi connectivity index (χ1v) is 6.11. The van der Waals surface area contributed by atoms with Gasteiger partial charge in [0.25, 0.3) is 0 Å². The summed E-state index contributed by atoms with van der Waals surface area (Å²) in [7, 11) is 0. The normalized spacial score (nSPS) is 15.9. The van der Waals surface area contributed by atoms with Crippen molar-refractivity contribution in [3.63, 3.8) is 0 Å². The molecule has 1 N–H and O–H groups in total. The Morgan fingerprint density at radius 3 is 2.36 bits per heavy atom. The molecule has 0 saturated carbocycles. The van der Waals surface area contributed by atoms with Crippen molar-refractivity contribution in [1.29, 1.82) is 0 Å². The molecule has 0 aliphatic rings. The van der Waals surface area contributed by atoms with E-state index < -0.39 is 10.8 Å². The van der Waals surface area contributed by atoms with Crippen molar-refractivity contribution in [2.75, 3.05) is 5.33 Å². The molecule has 0 amide bonds. The first-order valence-electron chi connectivity index (χ1n) is 3.16. The summed E-state index contributed by atoms with van der Waals surface area (Å²) in [5, 5.41) is 9.47. The van der Waals surface area contributed by atoms with Crippen LogP contribution in [0.5, 0.6) is 0 Å². The van der Waals surface area contributed by atoms with Crippen LogP contribution in [0.2, 0.25) is 0 Å². The van der Waals surface area contributed by atoms with Gasteiger partial charge in [0.15, 0.2) is 0 Å².